The van der Waals surface area contributed by atoms with Gasteiger partial charge in [-0.15, -0.1) is 0 Å². The zero-order valence-electron chi connectivity index (χ0n) is 16.8. The van der Waals surface area contributed by atoms with Crippen LogP contribution in [0.1, 0.15) is 29.8 Å². The first-order chi connectivity index (χ1) is 14.3. The summed E-state index contributed by atoms with van der Waals surface area (Å²) in [5.74, 6) is -1.20. The number of carbonyl (C=O) groups excluding carboxylic acids is 2. The van der Waals surface area contributed by atoms with E-state index in [1.165, 1.54) is 22.5 Å². The van der Waals surface area contributed by atoms with Gasteiger partial charge in [0, 0.05) is 25.3 Å². The average molecular weight is 451 g/mol. The van der Waals surface area contributed by atoms with Gasteiger partial charge in [0.15, 0.2) is 6.61 Å². The van der Waals surface area contributed by atoms with E-state index in [2.05, 4.69) is 0 Å². The summed E-state index contributed by atoms with van der Waals surface area (Å²) < 4.78 is 31.8. The highest BCUT2D eigenvalue weighted by molar-refractivity contribution is 7.89. The largest absolute Gasteiger partial charge is 0.452 e. The molecule has 0 aliphatic carbocycles. The van der Waals surface area contributed by atoms with Gasteiger partial charge >= 0.3 is 5.97 Å². The number of benzene rings is 2. The molecule has 0 bridgehead atoms. The minimum absolute atomic E-state index is 0.0532. The van der Waals surface area contributed by atoms with Gasteiger partial charge in [-0.1, -0.05) is 43.6 Å². The zero-order valence-corrected chi connectivity index (χ0v) is 18.4. The van der Waals surface area contributed by atoms with E-state index in [1.54, 1.807) is 18.7 Å². The van der Waals surface area contributed by atoms with E-state index in [4.69, 9.17) is 16.3 Å². The first-order valence-corrected chi connectivity index (χ1v) is 11.5. The molecule has 0 atom stereocenters. The molecule has 1 heterocycles. The van der Waals surface area contributed by atoms with Crippen LogP contribution < -0.4 is 4.90 Å². The van der Waals surface area contributed by atoms with Crippen molar-refractivity contribution in [3.63, 3.8) is 0 Å². The molecule has 0 aromatic heterocycles. The van der Waals surface area contributed by atoms with Crippen LogP contribution in [0.3, 0.4) is 0 Å². The molecule has 0 unspecified atom stereocenters. The van der Waals surface area contributed by atoms with Gasteiger partial charge in [0.1, 0.15) is 0 Å². The normalized spacial score (nSPS) is 13.4. The number of rotatable bonds is 7. The van der Waals surface area contributed by atoms with Crippen LogP contribution in [0.4, 0.5) is 5.69 Å². The number of ether oxygens (including phenoxy) is 1. The number of sulfonamides is 1. The SMILES string of the molecule is CCN(CC)S(=O)(=O)c1ccc(Cl)c(C(=O)OCC(=O)N2CCc3ccccc32)c1. The maximum Gasteiger partial charge on any atom is 0.340 e. The molecule has 0 radical (unpaired) electrons. The van der Waals surface area contributed by atoms with Crippen molar-refractivity contribution in [2.24, 2.45) is 0 Å². The monoisotopic (exact) mass is 450 g/mol. The number of amides is 1. The van der Waals surface area contributed by atoms with E-state index in [0.717, 1.165) is 17.7 Å². The van der Waals surface area contributed by atoms with E-state index < -0.39 is 22.6 Å². The lowest BCUT2D eigenvalue weighted by molar-refractivity contribution is -0.121. The van der Waals surface area contributed by atoms with Crippen molar-refractivity contribution in [1.82, 2.24) is 4.31 Å². The summed E-state index contributed by atoms with van der Waals surface area (Å²) in [6.07, 6.45) is 0.743. The number of hydrogen-bond donors (Lipinski definition) is 0. The lowest BCUT2D eigenvalue weighted by atomic mass is 10.2. The number of esters is 1. The van der Waals surface area contributed by atoms with E-state index in [0.29, 0.717) is 19.6 Å². The van der Waals surface area contributed by atoms with Gasteiger partial charge in [-0.05, 0) is 36.2 Å². The van der Waals surface area contributed by atoms with Crippen LogP contribution in [0.15, 0.2) is 47.4 Å². The Morgan fingerprint density at radius 1 is 1.13 bits per heavy atom. The second kappa shape index (κ2) is 9.16. The predicted molar refractivity (Wildman–Crippen MR) is 114 cm³/mol. The molecular weight excluding hydrogens is 428 g/mol. The molecule has 30 heavy (non-hydrogen) atoms. The third-order valence-corrected chi connectivity index (χ3v) is 7.39. The quantitative estimate of drug-likeness (QED) is 0.605. The number of halogens is 1. The van der Waals surface area contributed by atoms with Gasteiger partial charge in [-0.25, -0.2) is 13.2 Å². The Kier molecular flexibility index (Phi) is 6.80. The second-order valence-corrected chi connectivity index (χ2v) is 9.08. The summed E-state index contributed by atoms with van der Waals surface area (Å²) in [6.45, 7) is 4.12. The van der Waals surface area contributed by atoms with Crippen LogP contribution in [0, 0.1) is 0 Å². The molecule has 0 N–H and O–H groups in total. The Morgan fingerprint density at radius 2 is 1.83 bits per heavy atom. The summed E-state index contributed by atoms with van der Waals surface area (Å²) in [5.41, 5.74) is 1.78. The topological polar surface area (TPSA) is 84.0 Å². The highest BCUT2D eigenvalue weighted by Crippen LogP contribution is 2.28. The maximum atomic E-state index is 12.7. The molecule has 1 amide bonds. The van der Waals surface area contributed by atoms with Gasteiger partial charge < -0.3 is 9.64 Å². The van der Waals surface area contributed by atoms with Gasteiger partial charge in [0.25, 0.3) is 5.91 Å². The van der Waals surface area contributed by atoms with Crippen LogP contribution in [0.2, 0.25) is 5.02 Å². The summed E-state index contributed by atoms with van der Waals surface area (Å²) in [7, 11) is -3.76. The van der Waals surface area contributed by atoms with Gasteiger partial charge in [-0.3, -0.25) is 4.79 Å². The Morgan fingerprint density at radius 3 is 2.53 bits per heavy atom. The molecule has 0 saturated carbocycles. The Balaban J connectivity index is 1.74. The molecule has 1 aliphatic heterocycles. The highest BCUT2D eigenvalue weighted by atomic mass is 35.5. The van der Waals surface area contributed by atoms with Gasteiger partial charge in [-0.2, -0.15) is 4.31 Å². The van der Waals surface area contributed by atoms with E-state index in [9.17, 15) is 18.0 Å². The molecule has 0 saturated heterocycles. The molecular formula is C21H23ClN2O5S. The number of para-hydroxylation sites is 1. The number of fused-ring (bicyclic) bond motifs is 1. The molecule has 0 spiro atoms. The Hall–Kier alpha value is -2.42. The highest BCUT2D eigenvalue weighted by Gasteiger charge is 2.27. The fourth-order valence-electron chi connectivity index (χ4n) is 3.41. The van der Waals surface area contributed by atoms with Crippen molar-refractivity contribution in [3.05, 3.63) is 58.6 Å². The lowest BCUT2D eigenvalue weighted by Gasteiger charge is -2.19. The average Bonchev–Trinajstić information content (AvgIpc) is 3.17. The first kappa shape index (κ1) is 22.3. The van der Waals surface area contributed by atoms with Crippen LogP contribution in [-0.2, 0) is 26.0 Å². The van der Waals surface area contributed by atoms with E-state index in [-0.39, 0.29) is 21.4 Å². The number of anilines is 1. The van der Waals surface area contributed by atoms with Crippen LogP contribution in [0.25, 0.3) is 0 Å². The van der Waals surface area contributed by atoms with Gasteiger partial charge in [0.2, 0.25) is 10.0 Å². The number of nitrogens with zero attached hydrogens (tertiary/aromatic N) is 2. The predicted octanol–water partition coefficient (Wildman–Crippen LogP) is 3.12. The second-order valence-electron chi connectivity index (χ2n) is 6.73. The molecule has 2 aromatic carbocycles. The summed E-state index contributed by atoms with van der Waals surface area (Å²) in [6, 6.07) is 11.4. The van der Waals surface area contributed by atoms with E-state index >= 15 is 0 Å². The number of carbonyl (C=O) groups is 2. The molecule has 2 aromatic rings. The molecule has 1 aliphatic rings. The Labute approximate surface area is 181 Å². The Bertz CT molecular complexity index is 1070. The molecule has 0 fully saturated rings. The standard InChI is InChI=1S/C21H23ClN2O5S/c1-3-23(4-2)30(27,28)16-9-10-18(22)17(13-16)21(26)29-14-20(25)24-12-11-15-7-5-6-8-19(15)24/h5-10,13H,3-4,11-12,14H2,1-2H3. The molecule has 160 valence electrons. The van der Waals surface area contributed by atoms with Crippen molar-refractivity contribution >= 4 is 39.2 Å². The smallest absolute Gasteiger partial charge is 0.340 e. The van der Waals surface area contributed by atoms with Crippen molar-refractivity contribution < 1.29 is 22.7 Å². The van der Waals surface area contributed by atoms with Crippen molar-refractivity contribution in [1.29, 1.82) is 0 Å². The third kappa shape index (κ3) is 4.35. The maximum absolute atomic E-state index is 12.7. The summed E-state index contributed by atoms with van der Waals surface area (Å²) in [4.78, 5) is 26.6. The summed E-state index contributed by atoms with van der Waals surface area (Å²) >= 11 is 6.09. The lowest BCUT2D eigenvalue weighted by Crippen LogP contribution is -2.33. The minimum atomic E-state index is -3.76. The molecule has 9 heteroatoms. The third-order valence-electron chi connectivity index (χ3n) is 5.02. The van der Waals surface area contributed by atoms with Crippen LogP contribution in [-0.4, -0.2) is 50.8 Å². The first-order valence-electron chi connectivity index (χ1n) is 9.64. The van der Waals surface area contributed by atoms with Crippen LogP contribution in [0.5, 0.6) is 0 Å². The zero-order chi connectivity index (χ0) is 21.9. The van der Waals surface area contributed by atoms with E-state index in [1.807, 2.05) is 24.3 Å². The van der Waals surface area contributed by atoms with Gasteiger partial charge in [0.05, 0.1) is 15.5 Å². The fraction of sp³-hybridized carbons (Fsp3) is 0.333. The summed E-state index contributed by atoms with van der Waals surface area (Å²) in [5, 5.41) is 0.0532. The van der Waals surface area contributed by atoms with Crippen molar-refractivity contribution in [2.45, 2.75) is 25.2 Å². The number of hydrogen-bond acceptors (Lipinski definition) is 5. The van der Waals surface area contributed by atoms with Crippen molar-refractivity contribution in [3.8, 4) is 0 Å². The molecule has 7 nitrogen and oxygen atoms in total. The fourth-order valence-corrected chi connectivity index (χ4v) is 5.09. The minimum Gasteiger partial charge on any atom is -0.452 e. The van der Waals surface area contributed by atoms with Crippen molar-refractivity contribution in [2.75, 3.05) is 31.1 Å². The molecule has 3 rings (SSSR count). The van der Waals surface area contributed by atoms with Crippen LogP contribution >= 0.6 is 11.6 Å².